The second kappa shape index (κ2) is 6.07. The normalized spacial score (nSPS) is 17.8. The Morgan fingerprint density at radius 1 is 1.20 bits per heavy atom. The van der Waals surface area contributed by atoms with Crippen LogP contribution in [0.4, 0.5) is 5.95 Å². The minimum atomic E-state index is -0.283. The number of fused-ring (bicyclic) bond motifs is 1. The molecule has 1 N–H and O–H groups in total. The Labute approximate surface area is 145 Å². The maximum atomic E-state index is 9.67. The summed E-state index contributed by atoms with van der Waals surface area (Å²) in [5, 5.41) is 18.7. The molecule has 0 aliphatic carbocycles. The summed E-state index contributed by atoms with van der Waals surface area (Å²) >= 11 is 0. The van der Waals surface area contributed by atoms with Gasteiger partial charge in [0.05, 0.1) is 17.5 Å². The first-order valence-corrected chi connectivity index (χ1v) is 8.52. The summed E-state index contributed by atoms with van der Waals surface area (Å²) in [5.74, 6) is 2.36. The summed E-state index contributed by atoms with van der Waals surface area (Å²) in [6, 6.07) is 0. The van der Waals surface area contributed by atoms with Crippen molar-refractivity contribution in [1.29, 1.82) is 0 Å². The van der Waals surface area contributed by atoms with Crippen molar-refractivity contribution >= 4 is 11.6 Å². The standard InChI is InChI=1S/C16H22N8O/c1-10-8-17-11(2)15-18-13(20-24(10)15)4-5-14-19-16(21-22(14)3)23-7-6-12(25)9-23/h8,12,25H,4-7,9H2,1-3H3. The van der Waals surface area contributed by atoms with E-state index in [0.29, 0.717) is 25.3 Å². The Balaban J connectivity index is 1.51. The van der Waals surface area contributed by atoms with E-state index in [-0.39, 0.29) is 6.10 Å². The highest BCUT2D eigenvalue weighted by atomic mass is 16.3. The third-order valence-electron chi connectivity index (χ3n) is 4.61. The average molecular weight is 342 g/mol. The Kier molecular flexibility index (Phi) is 3.87. The van der Waals surface area contributed by atoms with Crippen molar-refractivity contribution in [3.8, 4) is 0 Å². The molecule has 0 amide bonds. The van der Waals surface area contributed by atoms with Gasteiger partial charge in [-0.25, -0.2) is 9.50 Å². The first kappa shape index (κ1) is 15.9. The van der Waals surface area contributed by atoms with Crippen molar-refractivity contribution in [1.82, 2.24) is 34.3 Å². The van der Waals surface area contributed by atoms with Gasteiger partial charge >= 0.3 is 0 Å². The van der Waals surface area contributed by atoms with E-state index in [1.165, 1.54) is 0 Å². The topological polar surface area (TPSA) is 97.3 Å². The Bertz CT molecular complexity index is 875. The van der Waals surface area contributed by atoms with Crippen LogP contribution in [0.5, 0.6) is 0 Å². The molecule has 1 fully saturated rings. The number of hydrogen-bond acceptors (Lipinski definition) is 7. The van der Waals surface area contributed by atoms with E-state index < -0.39 is 0 Å². The predicted molar refractivity (Wildman–Crippen MR) is 91.5 cm³/mol. The van der Waals surface area contributed by atoms with Gasteiger partial charge in [0.25, 0.3) is 0 Å². The van der Waals surface area contributed by atoms with E-state index in [2.05, 4.69) is 25.1 Å². The monoisotopic (exact) mass is 342 g/mol. The van der Waals surface area contributed by atoms with Crippen LogP contribution in [0.1, 0.15) is 29.5 Å². The second-order valence-electron chi connectivity index (χ2n) is 6.59. The third-order valence-corrected chi connectivity index (χ3v) is 4.61. The van der Waals surface area contributed by atoms with Crippen molar-refractivity contribution < 1.29 is 5.11 Å². The van der Waals surface area contributed by atoms with Gasteiger partial charge in [-0.05, 0) is 20.3 Å². The van der Waals surface area contributed by atoms with E-state index in [4.69, 9.17) is 0 Å². The fourth-order valence-electron chi connectivity index (χ4n) is 3.14. The molecule has 3 aromatic heterocycles. The second-order valence-corrected chi connectivity index (χ2v) is 6.59. The van der Waals surface area contributed by atoms with Gasteiger partial charge in [0.15, 0.2) is 11.5 Å². The highest BCUT2D eigenvalue weighted by Crippen LogP contribution is 2.17. The number of nitrogens with zero attached hydrogens (tertiary/aromatic N) is 8. The molecular weight excluding hydrogens is 320 g/mol. The molecule has 0 radical (unpaired) electrons. The van der Waals surface area contributed by atoms with E-state index >= 15 is 0 Å². The number of aliphatic hydroxyl groups excluding tert-OH is 1. The number of rotatable bonds is 4. The minimum absolute atomic E-state index is 0.283. The van der Waals surface area contributed by atoms with Crippen LogP contribution >= 0.6 is 0 Å². The van der Waals surface area contributed by atoms with Crippen LogP contribution in [-0.4, -0.2) is 58.6 Å². The van der Waals surface area contributed by atoms with Crippen molar-refractivity contribution in [2.24, 2.45) is 7.05 Å². The van der Waals surface area contributed by atoms with Crippen LogP contribution in [0, 0.1) is 13.8 Å². The largest absolute Gasteiger partial charge is 0.391 e. The molecular formula is C16H22N8O. The van der Waals surface area contributed by atoms with Crippen LogP contribution in [0.3, 0.4) is 0 Å². The summed E-state index contributed by atoms with van der Waals surface area (Å²) in [6.45, 7) is 5.30. The lowest BCUT2D eigenvalue weighted by Gasteiger charge is -2.11. The molecule has 9 nitrogen and oxygen atoms in total. The highest BCUT2D eigenvalue weighted by Gasteiger charge is 2.24. The molecule has 9 heteroatoms. The molecule has 0 aromatic carbocycles. The van der Waals surface area contributed by atoms with E-state index in [9.17, 15) is 5.11 Å². The zero-order valence-electron chi connectivity index (χ0n) is 14.7. The lowest BCUT2D eigenvalue weighted by atomic mass is 10.3. The SMILES string of the molecule is Cc1ncc(C)n2nc(CCc3nc(N4CCC(O)C4)nn3C)nc12. The molecule has 1 aliphatic heterocycles. The lowest BCUT2D eigenvalue weighted by molar-refractivity contribution is 0.198. The van der Waals surface area contributed by atoms with Crippen molar-refractivity contribution in [2.45, 2.75) is 39.2 Å². The van der Waals surface area contributed by atoms with Gasteiger partial charge in [-0.15, -0.1) is 5.10 Å². The molecule has 3 aromatic rings. The molecule has 1 unspecified atom stereocenters. The molecule has 0 saturated carbocycles. The smallest absolute Gasteiger partial charge is 0.245 e. The minimum Gasteiger partial charge on any atom is -0.391 e. The molecule has 0 bridgehead atoms. The van der Waals surface area contributed by atoms with E-state index in [1.54, 1.807) is 10.9 Å². The van der Waals surface area contributed by atoms with E-state index in [1.807, 2.05) is 30.3 Å². The fraction of sp³-hybridized carbons (Fsp3) is 0.562. The quantitative estimate of drug-likeness (QED) is 0.724. The number of hydrogen-bond donors (Lipinski definition) is 1. The molecule has 132 valence electrons. The molecule has 0 spiro atoms. The summed E-state index contributed by atoms with van der Waals surface area (Å²) in [5.41, 5.74) is 2.64. The maximum absolute atomic E-state index is 9.67. The Morgan fingerprint density at radius 3 is 2.76 bits per heavy atom. The first-order chi connectivity index (χ1) is 12.0. The van der Waals surface area contributed by atoms with Gasteiger partial charge in [-0.1, -0.05) is 0 Å². The lowest BCUT2D eigenvalue weighted by Crippen LogP contribution is -2.22. The maximum Gasteiger partial charge on any atom is 0.245 e. The number of aromatic nitrogens is 7. The highest BCUT2D eigenvalue weighted by molar-refractivity contribution is 5.43. The van der Waals surface area contributed by atoms with E-state index in [0.717, 1.165) is 41.6 Å². The summed E-state index contributed by atoms with van der Waals surface area (Å²) in [4.78, 5) is 15.6. The van der Waals surface area contributed by atoms with Crippen LogP contribution in [0.2, 0.25) is 0 Å². The Morgan fingerprint density at radius 2 is 2.04 bits per heavy atom. The molecule has 4 heterocycles. The van der Waals surface area contributed by atoms with Gasteiger partial charge < -0.3 is 10.0 Å². The van der Waals surface area contributed by atoms with Crippen molar-refractivity contribution in [3.63, 3.8) is 0 Å². The van der Waals surface area contributed by atoms with Gasteiger partial charge in [0.2, 0.25) is 5.95 Å². The van der Waals surface area contributed by atoms with Crippen LogP contribution in [0.25, 0.3) is 5.65 Å². The Hall–Kier alpha value is -2.55. The number of aliphatic hydroxyl groups is 1. The molecule has 25 heavy (non-hydrogen) atoms. The fourth-order valence-corrected chi connectivity index (χ4v) is 3.14. The summed E-state index contributed by atoms with van der Waals surface area (Å²) in [6.07, 6.45) is 3.69. The zero-order valence-corrected chi connectivity index (χ0v) is 14.7. The van der Waals surface area contributed by atoms with Gasteiger partial charge in [0.1, 0.15) is 5.82 Å². The first-order valence-electron chi connectivity index (χ1n) is 8.52. The summed E-state index contributed by atoms with van der Waals surface area (Å²) in [7, 11) is 1.90. The third kappa shape index (κ3) is 2.95. The molecule has 1 saturated heterocycles. The predicted octanol–water partition coefficient (Wildman–Crippen LogP) is 0.226. The number of β-amino-alcohol motifs (C(OH)–C–C–N with tert-alkyl or cyclic N) is 1. The van der Waals surface area contributed by atoms with Gasteiger partial charge in [-0.2, -0.15) is 10.1 Å². The number of anilines is 1. The molecule has 1 atom stereocenters. The van der Waals surface area contributed by atoms with Gasteiger partial charge in [-0.3, -0.25) is 9.67 Å². The zero-order chi connectivity index (χ0) is 17.6. The molecule has 1 aliphatic rings. The van der Waals surface area contributed by atoms with Crippen LogP contribution < -0.4 is 4.90 Å². The van der Waals surface area contributed by atoms with Crippen molar-refractivity contribution in [3.05, 3.63) is 29.2 Å². The van der Waals surface area contributed by atoms with Crippen molar-refractivity contribution in [2.75, 3.05) is 18.0 Å². The summed E-state index contributed by atoms with van der Waals surface area (Å²) < 4.78 is 3.64. The number of aryl methyl sites for hydroxylation is 5. The molecule has 4 rings (SSSR count). The van der Waals surface area contributed by atoms with Crippen LogP contribution in [0.15, 0.2) is 6.20 Å². The average Bonchev–Trinajstić information content (AvgIpc) is 3.28. The van der Waals surface area contributed by atoms with Crippen LogP contribution in [-0.2, 0) is 19.9 Å². The van der Waals surface area contributed by atoms with Gasteiger partial charge in [0, 0.05) is 39.2 Å².